The maximum absolute atomic E-state index is 3.64. The summed E-state index contributed by atoms with van der Waals surface area (Å²) in [6.45, 7) is 9.51. The summed E-state index contributed by atoms with van der Waals surface area (Å²) in [5.41, 5.74) is 0. The van der Waals surface area contributed by atoms with Crippen LogP contribution in [0, 0.1) is 5.92 Å². The zero-order valence-corrected chi connectivity index (χ0v) is 16.0. The van der Waals surface area contributed by atoms with Crippen LogP contribution in [-0.4, -0.2) is 42.9 Å². The molecule has 1 N–H and O–H groups in total. The molecule has 0 heterocycles. The third-order valence-corrected chi connectivity index (χ3v) is 6.24. The maximum atomic E-state index is 3.64. The quantitative estimate of drug-likeness (QED) is 0.544. The lowest BCUT2D eigenvalue weighted by Gasteiger charge is -2.29. The molecule has 0 radical (unpaired) electrons. The largest absolute Gasteiger partial charge is 0.315 e. The van der Waals surface area contributed by atoms with E-state index in [1.165, 1.54) is 63.8 Å². The standard InChI is InChI=1S/C20H36N2S/c1-18(2)22(17-19-9-6-7-10-19)15-14-21-13-8-16-23-20-11-4-3-5-12-20/h3-4,11,18-19,21H,5-10,12-17H2,1-2H3. The number of rotatable bonds is 11. The first-order chi connectivity index (χ1) is 11.3. The Labute approximate surface area is 148 Å². The fourth-order valence-corrected chi connectivity index (χ4v) is 4.52. The molecule has 1 saturated carbocycles. The lowest BCUT2D eigenvalue weighted by Crippen LogP contribution is -2.39. The minimum atomic E-state index is 0.680. The summed E-state index contributed by atoms with van der Waals surface area (Å²) in [4.78, 5) is 4.24. The normalized spacial score (nSPS) is 19.0. The van der Waals surface area contributed by atoms with Gasteiger partial charge in [0.25, 0.3) is 0 Å². The number of hydrogen-bond acceptors (Lipinski definition) is 3. The molecule has 2 nitrogen and oxygen atoms in total. The predicted molar refractivity (Wildman–Crippen MR) is 105 cm³/mol. The zero-order valence-electron chi connectivity index (χ0n) is 15.2. The van der Waals surface area contributed by atoms with E-state index in [0.717, 1.165) is 19.0 Å². The molecule has 0 amide bonds. The molecule has 1 fully saturated rings. The Morgan fingerprint density at radius 1 is 1.26 bits per heavy atom. The van der Waals surface area contributed by atoms with E-state index in [1.807, 2.05) is 11.8 Å². The molecule has 3 heteroatoms. The van der Waals surface area contributed by atoms with Crippen LogP contribution in [-0.2, 0) is 0 Å². The molecule has 132 valence electrons. The van der Waals surface area contributed by atoms with Gasteiger partial charge in [-0.05, 0) is 69.1 Å². The van der Waals surface area contributed by atoms with Gasteiger partial charge in [-0.25, -0.2) is 0 Å². The third-order valence-electron chi connectivity index (χ3n) is 5.03. The summed E-state index contributed by atoms with van der Waals surface area (Å²) in [5.74, 6) is 2.22. The Morgan fingerprint density at radius 3 is 2.78 bits per heavy atom. The summed E-state index contributed by atoms with van der Waals surface area (Å²) >= 11 is 2.05. The number of nitrogens with one attached hydrogen (secondary N) is 1. The van der Waals surface area contributed by atoms with Crippen molar-refractivity contribution in [3.8, 4) is 0 Å². The average Bonchev–Trinajstić information content (AvgIpc) is 3.06. The first-order valence-corrected chi connectivity index (χ1v) is 10.7. The monoisotopic (exact) mass is 336 g/mol. The van der Waals surface area contributed by atoms with Crippen LogP contribution in [0.15, 0.2) is 23.1 Å². The molecule has 2 aliphatic carbocycles. The minimum Gasteiger partial charge on any atom is -0.315 e. The summed E-state index contributed by atoms with van der Waals surface area (Å²) < 4.78 is 0. The van der Waals surface area contributed by atoms with E-state index in [-0.39, 0.29) is 0 Å². The molecule has 0 saturated heterocycles. The second kappa shape index (κ2) is 11.3. The topological polar surface area (TPSA) is 15.3 Å². The number of thioether (sulfide) groups is 1. The first-order valence-electron chi connectivity index (χ1n) is 9.69. The fraction of sp³-hybridized carbons (Fsp3) is 0.800. The van der Waals surface area contributed by atoms with Crippen molar-refractivity contribution in [2.75, 3.05) is 31.9 Å². The van der Waals surface area contributed by atoms with Crippen molar-refractivity contribution in [3.05, 3.63) is 23.1 Å². The van der Waals surface area contributed by atoms with Gasteiger partial charge in [0.2, 0.25) is 0 Å². The van der Waals surface area contributed by atoms with Crippen LogP contribution in [0.25, 0.3) is 0 Å². The van der Waals surface area contributed by atoms with Crippen molar-refractivity contribution in [1.29, 1.82) is 0 Å². The van der Waals surface area contributed by atoms with Gasteiger partial charge in [-0.1, -0.05) is 31.1 Å². The third kappa shape index (κ3) is 7.91. The van der Waals surface area contributed by atoms with Crippen molar-refractivity contribution in [1.82, 2.24) is 10.2 Å². The smallest absolute Gasteiger partial charge is 0.0110 e. The van der Waals surface area contributed by atoms with Crippen LogP contribution in [0.5, 0.6) is 0 Å². The van der Waals surface area contributed by atoms with Gasteiger partial charge in [-0.3, -0.25) is 4.90 Å². The van der Waals surface area contributed by atoms with E-state index in [4.69, 9.17) is 0 Å². The summed E-state index contributed by atoms with van der Waals surface area (Å²) in [7, 11) is 0. The van der Waals surface area contributed by atoms with Gasteiger partial charge in [0, 0.05) is 25.7 Å². The minimum absolute atomic E-state index is 0.680. The Balaban J connectivity index is 1.49. The van der Waals surface area contributed by atoms with Crippen LogP contribution >= 0.6 is 11.8 Å². The highest BCUT2D eigenvalue weighted by atomic mass is 32.2. The van der Waals surface area contributed by atoms with Gasteiger partial charge in [-0.2, -0.15) is 0 Å². The molecule has 0 aromatic rings. The average molecular weight is 337 g/mol. The molecule has 0 aromatic heterocycles. The van der Waals surface area contributed by atoms with Gasteiger partial charge in [-0.15, -0.1) is 11.8 Å². The van der Waals surface area contributed by atoms with E-state index in [2.05, 4.69) is 42.3 Å². The Morgan fingerprint density at radius 2 is 2.09 bits per heavy atom. The van der Waals surface area contributed by atoms with Crippen LogP contribution < -0.4 is 5.32 Å². The van der Waals surface area contributed by atoms with Crippen LogP contribution in [0.3, 0.4) is 0 Å². The number of hydrogen-bond donors (Lipinski definition) is 1. The van der Waals surface area contributed by atoms with E-state index in [1.54, 1.807) is 4.91 Å². The maximum Gasteiger partial charge on any atom is 0.0110 e. The van der Waals surface area contributed by atoms with E-state index < -0.39 is 0 Å². The van der Waals surface area contributed by atoms with Crippen molar-refractivity contribution < 1.29 is 0 Å². The molecular formula is C20H36N2S. The molecule has 2 aliphatic rings. The van der Waals surface area contributed by atoms with Gasteiger partial charge < -0.3 is 5.32 Å². The molecule has 2 rings (SSSR count). The van der Waals surface area contributed by atoms with Gasteiger partial charge in [0.05, 0.1) is 0 Å². The van der Waals surface area contributed by atoms with E-state index in [0.29, 0.717) is 6.04 Å². The molecule has 0 aromatic carbocycles. The lowest BCUT2D eigenvalue weighted by molar-refractivity contribution is 0.188. The summed E-state index contributed by atoms with van der Waals surface area (Å²) in [5, 5.41) is 3.64. The highest BCUT2D eigenvalue weighted by Crippen LogP contribution is 2.26. The predicted octanol–water partition coefficient (Wildman–Crippen LogP) is 4.83. The van der Waals surface area contributed by atoms with Crippen molar-refractivity contribution >= 4 is 11.8 Å². The Hall–Kier alpha value is -0.250. The molecule has 0 aliphatic heterocycles. The molecular weight excluding hydrogens is 300 g/mol. The van der Waals surface area contributed by atoms with Crippen molar-refractivity contribution in [2.24, 2.45) is 5.92 Å². The van der Waals surface area contributed by atoms with Crippen molar-refractivity contribution in [3.63, 3.8) is 0 Å². The zero-order chi connectivity index (χ0) is 16.3. The fourth-order valence-electron chi connectivity index (χ4n) is 3.53. The Kier molecular flexibility index (Phi) is 9.40. The molecule has 0 spiro atoms. The lowest BCUT2D eigenvalue weighted by atomic mass is 10.1. The second-order valence-electron chi connectivity index (χ2n) is 7.29. The molecule has 0 bridgehead atoms. The van der Waals surface area contributed by atoms with Crippen LogP contribution in [0.2, 0.25) is 0 Å². The van der Waals surface area contributed by atoms with Crippen LogP contribution in [0.1, 0.15) is 58.8 Å². The second-order valence-corrected chi connectivity index (χ2v) is 8.51. The Bertz CT molecular complexity index is 370. The van der Waals surface area contributed by atoms with Crippen LogP contribution in [0.4, 0.5) is 0 Å². The van der Waals surface area contributed by atoms with E-state index in [9.17, 15) is 0 Å². The highest BCUT2D eigenvalue weighted by Gasteiger charge is 2.19. The first kappa shape index (κ1) is 19.1. The number of nitrogens with zero attached hydrogens (tertiary/aromatic N) is 1. The summed E-state index contributed by atoms with van der Waals surface area (Å²) in [6, 6.07) is 0.680. The molecule has 0 atom stereocenters. The molecule has 0 unspecified atom stereocenters. The number of allylic oxidation sites excluding steroid dienone is 4. The summed E-state index contributed by atoms with van der Waals surface area (Å²) in [6.07, 6.45) is 16.3. The van der Waals surface area contributed by atoms with E-state index >= 15 is 0 Å². The van der Waals surface area contributed by atoms with Crippen molar-refractivity contribution in [2.45, 2.75) is 64.8 Å². The highest BCUT2D eigenvalue weighted by molar-refractivity contribution is 8.03. The van der Waals surface area contributed by atoms with Gasteiger partial charge in [0.1, 0.15) is 0 Å². The van der Waals surface area contributed by atoms with Gasteiger partial charge in [0.15, 0.2) is 0 Å². The SMILES string of the molecule is CC(C)N(CCNCCCSC1=CC=CCC1)CC1CCCC1. The van der Waals surface area contributed by atoms with Gasteiger partial charge >= 0.3 is 0 Å². The molecule has 23 heavy (non-hydrogen) atoms.